The molecule has 1 aromatic rings. The fourth-order valence-electron chi connectivity index (χ4n) is 3.85. The molecule has 3 rings (SSSR count). The summed E-state index contributed by atoms with van der Waals surface area (Å²) >= 11 is 0. The van der Waals surface area contributed by atoms with E-state index < -0.39 is 11.7 Å². The third kappa shape index (κ3) is 3.72. The minimum absolute atomic E-state index is 0.118. The van der Waals surface area contributed by atoms with Gasteiger partial charge in [0.2, 0.25) is 0 Å². The normalized spacial score (nSPS) is 22.8. The first-order chi connectivity index (χ1) is 12.5. The Labute approximate surface area is 154 Å². The van der Waals surface area contributed by atoms with Gasteiger partial charge in [0.15, 0.2) is 5.76 Å². The van der Waals surface area contributed by atoms with Crippen molar-refractivity contribution in [2.75, 3.05) is 32.7 Å². The van der Waals surface area contributed by atoms with Crippen molar-refractivity contribution in [1.82, 2.24) is 15.1 Å². The summed E-state index contributed by atoms with van der Waals surface area (Å²) < 4.78 is 11.4. The van der Waals surface area contributed by atoms with Gasteiger partial charge >= 0.3 is 6.09 Å². The lowest BCUT2D eigenvalue weighted by Gasteiger charge is -2.37. The largest absolute Gasteiger partial charge is 0.456 e. The van der Waals surface area contributed by atoms with E-state index in [9.17, 15) is 9.59 Å². The van der Waals surface area contributed by atoms with E-state index in [0.717, 1.165) is 50.2 Å². The molecule has 7 nitrogen and oxygen atoms in total. The molecule has 144 valence electrons. The highest BCUT2D eigenvalue weighted by Gasteiger charge is 2.45. The summed E-state index contributed by atoms with van der Waals surface area (Å²) in [6.45, 7) is 10.5. The molecule has 1 N–H and O–H groups in total. The number of ether oxygens (including phenoxy) is 1. The zero-order valence-electron chi connectivity index (χ0n) is 16.0. The third-order valence-corrected chi connectivity index (χ3v) is 5.41. The number of likely N-dealkylation sites (tertiary alicyclic amines) is 1. The Morgan fingerprint density at radius 1 is 1.35 bits per heavy atom. The first-order valence-electron chi connectivity index (χ1n) is 9.60. The number of furan rings is 1. The summed E-state index contributed by atoms with van der Waals surface area (Å²) in [6.07, 6.45) is 1.96. The van der Waals surface area contributed by atoms with Crippen LogP contribution in [0.5, 0.6) is 0 Å². The van der Waals surface area contributed by atoms with Gasteiger partial charge in [0, 0.05) is 25.1 Å². The lowest BCUT2D eigenvalue weighted by Crippen LogP contribution is -2.52. The van der Waals surface area contributed by atoms with Crippen LogP contribution >= 0.6 is 0 Å². The van der Waals surface area contributed by atoms with Crippen molar-refractivity contribution in [2.24, 2.45) is 0 Å². The van der Waals surface area contributed by atoms with Crippen LogP contribution in [0.3, 0.4) is 0 Å². The maximum absolute atomic E-state index is 13.0. The highest BCUT2D eigenvalue weighted by molar-refractivity contribution is 5.92. The Morgan fingerprint density at radius 2 is 2.12 bits per heavy atom. The van der Waals surface area contributed by atoms with E-state index in [2.05, 4.69) is 24.1 Å². The molecule has 0 radical (unpaired) electrons. The number of hydrogen-bond acceptors (Lipinski definition) is 5. The monoisotopic (exact) mass is 363 g/mol. The molecule has 1 atom stereocenters. The minimum Gasteiger partial charge on any atom is -0.456 e. The standard InChI is InChI=1S/C19H29N3O4/c1-4-15-14(11-21(5-2)6-3)10-16(25-15)17(23)22-9-7-8-19(13-22)12-20-18(24)26-19/h10H,4-9,11-13H2,1-3H3,(H,20,24). The smallest absolute Gasteiger partial charge is 0.407 e. The second-order valence-electron chi connectivity index (χ2n) is 7.13. The third-order valence-electron chi connectivity index (χ3n) is 5.41. The molecule has 0 aromatic carbocycles. The molecule has 2 aliphatic rings. The molecule has 3 heterocycles. The van der Waals surface area contributed by atoms with Gasteiger partial charge in [-0.15, -0.1) is 0 Å². The van der Waals surface area contributed by atoms with Crippen LogP contribution in [0.15, 0.2) is 10.5 Å². The Bertz CT molecular complexity index is 668. The number of hydrogen-bond donors (Lipinski definition) is 1. The highest BCUT2D eigenvalue weighted by atomic mass is 16.6. The number of piperidine rings is 1. The molecule has 0 saturated carbocycles. The predicted molar refractivity (Wildman–Crippen MR) is 97.1 cm³/mol. The number of nitrogens with zero attached hydrogens (tertiary/aromatic N) is 2. The van der Waals surface area contributed by atoms with Crippen molar-refractivity contribution in [2.45, 2.75) is 52.2 Å². The van der Waals surface area contributed by atoms with Crippen LogP contribution in [0.1, 0.15) is 55.5 Å². The zero-order chi connectivity index (χ0) is 18.7. The molecule has 0 aliphatic carbocycles. The van der Waals surface area contributed by atoms with E-state index in [1.807, 2.05) is 13.0 Å². The average Bonchev–Trinajstić information content (AvgIpc) is 3.22. The Balaban J connectivity index is 1.75. The molecule has 26 heavy (non-hydrogen) atoms. The van der Waals surface area contributed by atoms with Gasteiger partial charge in [-0.2, -0.15) is 0 Å². The minimum atomic E-state index is -0.588. The van der Waals surface area contributed by atoms with Crippen molar-refractivity contribution < 1.29 is 18.7 Å². The number of nitrogens with one attached hydrogen (secondary N) is 1. The van der Waals surface area contributed by atoms with Gasteiger partial charge in [0.25, 0.3) is 5.91 Å². The van der Waals surface area contributed by atoms with Crippen LogP contribution in [-0.2, 0) is 17.7 Å². The molecule has 1 spiro atoms. The molecule has 1 unspecified atom stereocenters. The van der Waals surface area contributed by atoms with Crippen LogP contribution in [0, 0.1) is 0 Å². The van der Waals surface area contributed by atoms with E-state index in [-0.39, 0.29) is 5.91 Å². The molecular weight excluding hydrogens is 334 g/mol. The molecule has 2 fully saturated rings. The topological polar surface area (TPSA) is 75.0 Å². The number of alkyl carbamates (subject to hydrolysis) is 1. The average molecular weight is 363 g/mol. The van der Waals surface area contributed by atoms with Gasteiger partial charge in [-0.25, -0.2) is 4.79 Å². The first kappa shape index (κ1) is 18.8. The summed E-state index contributed by atoms with van der Waals surface area (Å²) in [6, 6.07) is 1.89. The maximum atomic E-state index is 13.0. The van der Waals surface area contributed by atoms with Crippen molar-refractivity contribution >= 4 is 12.0 Å². The molecule has 2 aliphatic heterocycles. The Hall–Kier alpha value is -2.02. The van der Waals surface area contributed by atoms with E-state index in [4.69, 9.17) is 9.15 Å². The molecule has 2 amide bonds. The van der Waals surface area contributed by atoms with Gasteiger partial charge in [0.1, 0.15) is 11.4 Å². The van der Waals surface area contributed by atoms with Crippen LogP contribution in [-0.4, -0.2) is 60.1 Å². The molecule has 1 aromatic heterocycles. The van der Waals surface area contributed by atoms with E-state index >= 15 is 0 Å². The summed E-state index contributed by atoms with van der Waals surface area (Å²) in [4.78, 5) is 28.5. The van der Waals surface area contributed by atoms with Crippen molar-refractivity contribution in [3.63, 3.8) is 0 Å². The zero-order valence-corrected chi connectivity index (χ0v) is 16.0. The Kier molecular flexibility index (Phi) is 5.55. The fourth-order valence-corrected chi connectivity index (χ4v) is 3.85. The van der Waals surface area contributed by atoms with Crippen LogP contribution in [0.2, 0.25) is 0 Å². The SMILES string of the molecule is CCc1oc(C(=O)N2CCCC3(CNC(=O)O3)C2)cc1CN(CC)CC. The fraction of sp³-hybridized carbons (Fsp3) is 0.684. The maximum Gasteiger partial charge on any atom is 0.407 e. The number of carbonyl (C=O) groups excluding carboxylic acids is 2. The molecule has 2 saturated heterocycles. The second-order valence-corrected chi connectivity index (χ2v) is 7.13. The predicted octanol–water partition coefficient (Wildman–Crippen LogP) is 2.40. The Morgan fingerprint density at radius 3 is 2.73 bits per heavy atom. The van der Waals surface area contributed by atoms with Gasteiger partial charge in [0.05, 0.1) is 13.1 Å². The lowest BCUT2D eigenvalue weighted by atomic mass is 9.93. The van der Waals surface area contributed by atoms with Crippen LogP contribution in [0.25, 0.3) is 0 Å². The van der Waals surface area contributed by atoms with Crippen molar-refractivity contribution in [3.05, 3.63) is 23.2 Å². The van der Waals surface area contributed by atoms with E-state index in [1.165, 1.54) is 0 Å². The van der Waals surface area contributed by atoms with Gasteiger partial charge in [-0.1, -0.05) is 20.8 Å². The van der Waals surface area contributed by atoms with Gasteiger partial charge in [-0.05, 0) is 32.0 Å². The van der Waals surface area contributed by atoms with Gasteiger partial charge in [-0.3, -0.25) is 9.69 Å². The lowest BCUT2D eigenvalue weighted by molar-refractivity contribution is -0.00607. The first-order valence-corrected chi connectivity index (χ1v) is 9.60. The number of carbonyl (C=O) groups is 2. The van der Waals surface area contributed by atoms with E-state index in [0.29, 0.717) is 25.4 Å². The number of amides is 2. The van der Waals surface area contributed by atoms with Crippen LogP contribution in [0.4, 0.5) is 4.79 Å². The quantitative estimate of drug-likeness (QED) is 0.840. The molecular formula is C19H29N3O4. The highest BCUT2D eigenvalue weighted by Crippen LogP contribution is 2.29. The summed E-state index contributed by atoms with van der Waals surface area (Å²) in [5, 5.41) is 2.71. The number of rotatable bonds is 6. The summed E-state index contributed by atoms with van der Waals surface area (Å²) in [5.74, 6) is 1.15. The summed E-state index contributed by atoms with van der Waals surface area (Å²) in [5.41, 5.74) is 0.495. The number of aryl methyl sites for hydroxylation is 1. The van der Waals surface area contributed by atoms with E-state index in [1.54, 1.807) is 4.90 Å². The van der Waals surface area contributed by atoms with Gasteiger partial charge < -0.3 is 19.4 Å². The summed E-state index contributed by atoms with van der Waals surface area (Å²) in [7, 11) is 0. The molecule has 7 heteroatoms. The van der Waals surface area contributed by atoms with Crippen LogP contribution < -0.4 is 5.32 Å². The van der Waals surface area contributed by atoms with Crippen molar-refractivity contribution in [3.8, 4) is 0 Å². The van der Waals surface area contributed by atoms with Crippen molar-refractivity contribution in [1.29, 1.82) is 0 Å². The molecule has 0 bridgehead atoms. The second kappa shape index (κ2) is 7.70.